The number of benzene rings is 2. The first-order chi connectivity index (χ1) is 13.0. The third-order valence-electron chi connectivity index (χ3n) is 3.87. The highest BCUT2D eigenvalue weighted by Crippen LogP contribution is 2.40. The van der Waals surface area contributed by atoms with E-state index >= 15 is 0 Å². The van der Waals surface area contributed by atoms with Crippen LogP contribution in [0.15, 0.2) is 42.5 Å². The van der Waals surface area contributed by atoms with E-state index in [-0.39, 0.29) is 5.91 Å². The van der Waals surface area contributed by atoms with E-state index in [1.54, 1.807) is 30.3 Å². The minimum absolute atomic E-state index is 0.304. The van der Waals surface area contributed by atoms with Crippen LogP contribution in [0.25, 0.3) is 11.3 Å². The quantitative estimate of drug-likeness (QED) is 0.667. The monoisotopic (exact) mass is 387 g/mol. The molecule has 1 heterocycles. The summed E-state index contributed by atoms with van der Waals surface area (Å²) in [4.78, 5) is 12.6. The number of rotatable bonds is 6. The van der Waals surface area contributed by atoms with Crippen LogP contribution in [0, 0.1) is 0 Å². The van der Waals surface area contributed by atoms with Gasteiger partial charge in [-0.05, 0) is 18.2 Å². The van der Waals surface area contributed by atoms with Crippen molar-refractivity contribution in [3.05, 3.63) is 53.2 Å². The molecule has 1 amide bonds. The lowest BCUT2D eigenvalue weighted by atomic mass is 10.1. The van der Waals surface area contributed by atoms with Gasteiger partial charge in [-0.2, -0.15) is 5.10 Å². The Hall–Kier alpha value is -3.19. The molecule has 0 unspecified atom stereocenters. The van der Waals surface area contributed by atoms with Crippen molar-refractivity contribution in [3.63, 3.8) is 0 Å². The van der Waals surface area contributed by atoms with E-state index in [4.69, 9.17) is 25.8 Å². The van der Waals surface area contributed by atoms with E-state index in [1.807, 2.05) is 12.1 Å². The number of carbonyl (C=O) groups excluding carboxylic acids is 1. The van der Waals surface area contributed by atoms with Crippen LogP contribution in [0.2, 0.25) is 5.02 Å². The lowest BCUT2D eigenvalue weighted by Gasteiger charge is -2.14. The normalized spacial score (nSPS) is 10.4. The van der Waals surface area contributed by atoms with Gasteiger partial charge in [0.1, 0.15) is 5.69 Å². The molecule has 0 aliphatic carbocycles. The number of halogens is 1. The molecule has 140 valence electrons. The van der Waals surface area contributed by atoms with Crippen molar-refractivity contribution in [2.24, 2.45) is 0 Å². The Balaban J connectivity index is 1.84. The lowest BCUT2D eigenvalue weighted by molar-refractivity contribution is 0.102. The summed E-state index contributed by atoms with van der Waals surface area (Å²) in [5.41, 5.74) is 2.23. The summed E-state index contributed by atoms with van der Waals surface area (Å²) in [6.45, 7) is 0. The molecular weight excluding hydrogens is 370 g/mol. The van der Waals surface area contributed by atoms with Crippen LogP contribution in [0.1, 0.15) is 10.5 Å². The Kier molecular flexibility index (Phi) is 5.52. The molecule has 0 saturated carbocycles. The van der Waals surface area contributed by atoms with Gasteiger partial charge in [0.05, 0.1) is 27.0 Å². The number of methoxy groups -OCH3 is 3. The fourth-order valence-electron chi connectivity index (χ4n) is 2.59. The maximum Gasteiger partial charge on any atom is 0.273 e. The van der Waals surface area contributed by atoms with Crippen LogP contribution in [0.3, 0.4) is 0 Å². The number of amides is 1. The van der Waals surface area contributed by atoms with Gasteiger partial charge in [0.25, 0.3) is 5.91 Å². The predicted molar refractivity (Wildman–Crippen MR) is 103 cm³/mol. The predicted octanol–water partition coefficient (Wildman–Crippen LogP) is 4.01. The number of anilines is 1. The number of nitrogens with one attached hydrogen (secondary N) is 2. The van der Waals surface area contributed by atoms with E-state index in [2.05, 4.69) is 15.5 Å². The van der Waals surface area contributed by atoms with Gasteiger partial charge in [0.15, 0.2) is 11.5 Å². The van der Waals surface area contributed by atoms with Crippen LogP contribution in [-0.4, -0.2) is 37.4 Å². The van der Waals surface area contributed by atoms with Gasteiger partial charge in [-0.1, -0.05) is 23.7 Å². The van der Waals surface area contributed by atoms with Crippen LogP contribution in [0.4, 0.5) is 5.69 Å². The number of nitrogens with zero attached hydrogens (tertiary/aromatic N) is 1. The summed E-state index contributed by atoms with van der Waals surface area (Å²) in [6, 6.07) is 12.2. The van der Waals surface area contributed by atoms with Crippen LogP contribution in [-0.2, 0) is 0 Å². The van der Waals surface area contributed by atoms with Crippen molar-refractivity contribution in [1.29, 1.82) is 0 Å². The molecule has 0 atom stereocenters. The maximum absolute atomic E-state index is 12.6. The van der Waals surface area contributed by atoms with E-state index < -0.39 is 0 Å². The van der Waals surface area contributed by atoms with Gasteiger partial charge in [0.2, 0.25) is 5.75 Å². The van der Waals surface area contributed by atoms with Crippen LogP contribution < -0.4 is 19.5 Å². The molecule has 0 aliphatic rings. The highest BCUT2D eigenvalue weighted by Gasteiger charge is 2.16. The van der Waals surface area contributed by atoms with Crippen LogP contribution in [0.5, 0.6) is 17.2 Å². The van der Waals surface area contributed by atoms with Crippen LogP contribution >= 0.6 is 11.6 Å². The lowest BCUT2D eigenvalue weighted by Crippen LogP contribution is -2.12. The van der Waals surface area contributed by atoms with Crippen molar-refractivity contribution >= 4 is 23.2 Å². The number of hydrogen-bond acceptors (Lipinski definition) is 5. The third kappa shape index (κ3) is 3.98. The molecular formula is C19H18ClN3O4. The van der Waals surface area contributed by atoms with Crippen molar-refractivity contribution in [2.45, 2.75) is 0 Å². The summed E-state index contributed by atoms with van der Waals surface area (Å²) >= 11 is 6.00. The van der Waals surface area contributed by atoms with E-state index in [9.17, 15) is 4.79 Å². The number of aromatic amines is 1. The van der Waals surface area contributed by atoms with E-state index in [0.717, 1.165) is 5.56 Å². The fourth-order valence-corrected chi connectivity index (χ4v) is 2.78. The van der Waals surface area contributed by atoms with Gasteiger partial charge in [-0.3, -0.25) is 9.89 Å². The van der Waals surface area contributed by atoms with Gasteiger partial charge >= 0.3 is 0 Å². The molecule has 0 saturated heterocycles. The fraction of sp³-hybridized carbons (Fsp3) is 0.158. The second-order valence-electron chi connectivity index (χ2n) is 5.55. The number of carbonyl (C=O) groups is 1. The molecule has 0 aliphatic heterocycles. The topological polar surface area (TPSA) is 85.5 Å². The SMILES string of the molecule is COc1cc(NC(=O)c2cc(-c3cccc(Cl)c3)n[nH]2)cc(OC)c1OC. The first-order valence-electron chi connectivity index (χ1n) is 7.98. The number of aromatic nitrogens is 2. The molecule has 27 heavy (non-hydrogen) atoms. The first-order valence-corrected chi connectivity index (χ1v) is 8.36. The summed E-state index contributed by atoms with van der Waals surface area (Å²) in [5.74, 6) is 0.973. The van der Waals surface area contributed by atoms with Gasteiger partial charge in [-0.15, -0.1) is 0 Å². The molecule has 0 spiro atoms. The van der Waals surface area contributed by atoms with Gasteiger partial charge < -0.3 is 19.5 Å². The Labute approximate surface area is 161 Å². The molecule has 0 bridgehead atoms. The largest absolute Gasteiger partial charge is 0.493 e. The molecule has 3 rings (SSSR count). The average Bonchev–Trinajstić information content (AvgIpc) is 3.17. The Bertz CT molecular complexity index is 946. The smallest absolute Gasteiger partial charge is 0.273 e. The Morgan fingerprint density at radius 2 is 1.74 bits per heavy atom. The standard InChI is InChI=1S/C19H18ClN3O4/c1-25-16-8-13(9-17(26-2)18(16)27-3)21-19(24)15-10-14(22-23-15)11-5-4-6-12(20)7-11/h4-10H,1-3H3,(H,21,24)(H,22,23). The van der Waals surface area contributed by atoms with Crippen molar-refractivity contribution < 1.29 is 19.0 Å². The Morgan fingerprint density at radius 3 is 2.33 bits per heavy atom. The molecule has 3 aromatic rings. The highest BCUT2D eigenvalue weighted by atomic mass is 35.5. The van der Waals surface area contributed by atoms with E-state index in [0.29, 0.717) is 39.3 Å². The third-order valence-corrected chi connectivity index (χ3v) is 4.10. The molecule has 7 nitrogen and oxygen atoms in total. The summed E-state index contributed by atoms with van der Waals surface area (Å²) in [6.07, 6.45) is 0. The Morgan fingerprint density at radius 1 is 1.04 bits per heavy atom. The number of hydrogen-bond donors (Lipinski definition) is 2. The average molecular weight is 388 g/mol. The minimum Gasteiger partial charge on any atom is -0.493 e. The summed E-state index contributed by atoms with van der Waals surface area (Å²) in [7, 11) is 4.53. The highest BCUT2D eigenvalue weighted by molar-refractivity contribution is 6.30. The molecule has 2 aromatic carbocycles. The van der Waals surface area contributed by atoms with Gasteiger partial charge in [-0.25, -0.2) is 0 Å². The number of H-pyrrole nitrogens is 1. The van der Waals surface area contributed by atoms with E-state index in [1.165, 1.54) is 21.3 Å². The molecule has 8 heteroatoms. The molecule has 0 fully saturated rings. The zero-order valence-corrected chi connectivity index (χ0v) is 15.8. The van der Waals surface area contributed by atoms with Crippen molar-refractivity contribution in [1.82, 2.24) is 10.2 Å². The zero-order chi connectivity index (χ0) is 19.4. The van der Waals surface area contributed by atoms with Crippen molar-refractivity contribution in [3.8, 4) is 28.5 Å². The molecule has 2 N–H and O–H groups in total. The number of ether oxygens (including phenoxy) is 3. The minimum atomic E-state index is -0.356. The second-order valence-corrected chi connectivity index (χ2v) is 5.98. The zero-order valence-electron chi connectivity index (χ0n) is 15.0. The second kappa shape index (κ2) is 8.01. The first kappa shape index (κ1) is 18.6. The summed E-state index contributed by atoms with van der Waals surface area (Å²) < 4.78 is 15.9. The maximum atomic E-state index is 12.6. The molecule has 0 radical (unpaired) electrons. The molecule has 1 aromatic heterocycles. The summed E-state index contributed by atoms with van der Waals surface area (Å²) in [5, 5.41) is 10.3. The van der Waals surface area contributed by atoms with Gasteiger partial charge in [0, 0.05) is 28.4 Å². The van der Waals surface area contributed by atoms with Crippen molar-refractivity contribution in [2.75, 3.05) is 26.6 Å².